The molecule has 4 heteroatoms. The highest BCUT2D eigenvalue weighted by Gasteiger charge is 2.22. The lowest BCUT2D eigenvalue weighted by Crippen LogP contribution is -2.40. The van der Waals surface area contributed by atoms with Gasteiger partial charge in [0.05, 0.1) is 5.92 Å². The molecule has 0 fully saturated rings. The number of hydrogen-bond acceptors (Lipinski definition) is 3. The third-order valence-corrected chi connectivity index (χ3v) is 3.16. The smallest absolute Gasteiger partial charge is 0.224 e. The highest BCUT2D eigenvalue weighted by Crippen LogP contribution is 2.21. The molecule has 108 valence electrons. The fourth-order valence-corrected chi connectivity index (χ4v) is 2.00. The van der Waals surface area contributed by atoms with E-state index in [1.807, 2.05) is 0 Å². The Morgan fingerprint density at radius 2 is 2.00 bits per heavy atom. The lowest BCUT2D eigenvalue weighted by Gasteiger charge is -2.26. The summed E-state index contributed by atoms with van der Waals surface area (Å²) in [7, 11) is 0. The second-order valence-corrected chi connectivity index (χ2v) is 6.27. The lowest BCUT2D eigenvalue weighted by atomic mass is 9.87. The Labute approximate surface area is 111 Å². The molecule has 0 aliphatic heterocycles. The SMILES string of the molecule is CC(C)CC(CN)C(=O)NCC(C)(C)CCCO. The minimum Gasteiger partial charge on any atom is -0.396 e. The van der Waals surface area contributed by atoms with Gasteiger partial charge in [0, 0.05) is 19.7 Å². The van der Waals surface area contributed by atoms with Gasteiger partial charge in [-0.3, -0.25) is 4.79 Å². The van der Waals surface area contributed by atoms with Crippen LogP contribution < -0.4 is 11.1 Å². The molecule has 4 nitrogen and oxygen atoms in total. The average Bonchev–Trinajstić information content (AvgIpc) is 2.30. The number of carbonyl (C=O) groups excluding carboxylic acids is 1. The maximum Gasteiger partial charge on any atom is 0.224 e. The van der Waals surface area contributed by atoms with E-state index >= 15 is 0 Å². The Morgan fingerprint density at radius 3 is 2.44 bits per heavy atom. The van der Waals surface area contributed by atoms with Crippen LogP contribution in [0.2, 0.25) is 0 Å². The van der Waals surface area contributed by atoms with Gasteiger partial charge in [-0.1, -0.05) is 27.7 Å². The van der Waals surface area contributed by atoms with E-state index in [2.05, 4.69) is 33.0 Å². The highest BCUT2D eigenvalue weighted by atomic mass is 16.2. The molecular formula is C14H30N2O2. The van der Waals surface area contributed by atoms with Crippen molar-refractivity contribution in [3.8, 4) is 0 Å². The van der Waals surface area contributed by atoms with Crippen molar-refractivity contribution in [3.05, 3.63) is 0 Å². The third-order valence-electron chi connectivity index (χ3n) is 3.16. The fourth-order valence-electron chi connectivity index (χ4n) is 2.00. The van der Waals surface area contributed by atoms with Crippen molar-refractivity contribution < 1.29 is 9.90 Å². The lowest BCUT2D eigenvalue weighted by molar-refractivity contribution is -0.125. The van der Waals surface area contributed by atoms with Gasteiger partial charge in [0.1, 0.15) is 0 Å². The van der Waals surface area contributed by atoms with Gasteiger partial charge >= 0.3 is 0 Å². The van der Waals surface area contributed by atoms with Crippen molar-refractivity contribution in [1.82, 2.24) is 5.32 Å². The molecule has 4 N–H and O–H groups in total. The monoisotopic (exact) mass is 258 g/mol. The van der Waals surface area contributed by atoms with E-state index < -0.39 is 0 Å². The van der Waals surface area contributed by atoms with E-state index in [1.165, 1.54) is 0 Å². The van der Waals surface area contributed by atoms with E-state index in [1.54, 1.807) is 0 Å². The van der Waals surface area contributed by atoms with E-state index in [9.17, 15) is 4.79 Å². The van der Waals surface area contributed by atoms with Gasteiger partial charge in [-0.05, 0) is 30.6 Å². The van der Waals surface area contributed by atoms with Gasteiger partial charge in [-0.25, -0.2) is 0 Å². The molecule has 1 atom stereocenters. The molecule has 0 aliphatic carbocycles. The summed E-state index contributed by atoms with van der Waals surface area (Å²) < 4.78 is 0. The average molecular weight is 258 g/mol. The van der Waals surface area contributed by atoms with E-state index in [4.69, 9.17) is 10.8 Å². The minimum absolute atomic E-state index is 0.0232. The standard InChI is InChI=1S/C14H30N2O2/c1-11(2)8-12(9-15)13(18)16-10-14(3,4)6-5-7-17/h11-12,17H,5-10,15H2,1-4H3,(H,16,18). The summed E-state index contributed by atoms with van der Waals surface area (Å²) in [5, 5.41) is 11.8. The van der Waals surface area contributed by atoms with Crippen LogP contribution in [-0.2, 0) is 4.79 Å². The maximum absolute atomic E-state index is 12.0. The van der Waals surface area contributed by atoms with Gasteiger partial charge in [-0.2, -0.15) is 0 Å². The first-order chi connectivity index (χ1) is 8.32. The van der Waals surface area contributed by atoms with Crippen LogP contribution in [0.4, 0.5) is 0 Å². The second-order valence-electron chi connectivity index (χ2n) is 6.27. The summed E-state index contributed by atoms with van der Waals surface area (Å²) in [6, 6.07) is 0. The predicted molar refractivity (Wildman–Crippen MR) is 75.1 cm³/mol. The molecule has 1 unspecified atom stereocenters. The van der Waals surface area contributed by atoms with Crippen molar-refractivity contribution in [3.63, 3.8) is 0 Å². The Bertz CT molecular complexity index is 240. The summed E-state index contributed by atoms with van der Waals surface area (Å²) in [6.07, 6.45) is 2.51. The van der Waals surface area contributed by atoms with Crippen molar-refractivity contribution in [2.24, 2.45) is 23.0 Å². The molecule has 0 aromatic heterocycles. The zero-order chi connectivity index (χ0) is 14.2. The van der Waals surface area contributed by atoms with Crippen LogP contribution >= 0.6 is 0 Å². The molecule has 0 saturated heterocycles. The number of rotatable bonds is 9. The predicted octanol–water partition coefficient (Wildman–Crippen LogP) is 1.52. The van der Waals surface area contributed by atoms with Gasteiger partial charge in [-0.15, -0.1) is 0 Å². The first kappa shape index (κ1) is 17.4. The summed E-state index contributed by atoms with van der Waals surface area (Å²) in [6.45, 7) is 9.64. The van der Waals surface area contributed by atoms with Gasteiger partial charge in [0.15, 0.2) is 0 Å². The largest absolute Gasteiger partial charge is 0.396 e. The molecular weight excluding hydrogens is 228 g/mol. The van der Waals surface area contributed by atoms with Crippen LogP contribution in [0, 0.1) is 17.3 Å². The zero-order valence-electron chi connectivity index (χ0n) is 12.3. The van der Waals surface area contributed by atoms with Crippen LogP contribution in [0.1, 0.15) is 47.0 Å². The number of hydrogen-bond donors (Lipinski definition) is 3. The van der Waals surface area contributed by atoms with E-state index in [0.29, 0.717) is 19.0 Å². The van der Waals surface area contributed by atoms with Crippen molar-refractivity contribution >= 4 is 5.91 Å². The van der Waals surface area contributed by atoms with Crippen LogP contribution in [0.3, 0.4) is 0 Å². The van der Waals surface area contributed by atoms with Crippen LogP contribution in [0.5, 0.6) is 0 Å². The second kappa shape index (κ2) is 8.48. The molecule has 0 heterocycles. The Kier molecular flexibility index (Phi) is 8.20. The molecule has 0 saturated carbocycles. The Hall–Kier alpha value is -0.610. The topological polar surface area (TPSA) is 75.4 Å². The number of aliphatic hydroxyl groups excluding tert-OH is 1. The number of aliphatic hydroxyl groups is 1. The third kappa shape index (κ3) is 7.67. The van der Waals surface area contributed by atoms with Crippen LogP contribution in [-0.4, -0.2) is 30.7 Å². The van der Waals surface area contributed by atoms with E-state index in [0.717, 1.165) is 19.3 Å². The highest BCUT2D eigenvalue weighted by molar-refractivity contribution is 5.78. The summed E-state index contributed by atoms with van der Waals surface area (Å²) in [5.41, 5.74) is 5.67. The summed E-state index contributed by atoms with van der Waals surface area (Å²) in [4.78, 5) is 12.0. The Balaban J connectivity index is 4.13. The zero-order valence-corrected chi connectivity index (χ0v) is 12.3. The maximum atomic E-state index is 12.0. The molecule has 0 rings (SSSR count). The van der Waals surface area contributed by atoms with Gasteiger partial charge in [0.25, 0.3) is 0 Å². The first-order valence-corrected chi connectivity index (χ1v) is 6.91. The van der Waals surface area contributed by atoms with Crippen molar-refractivity contribution in [2.75, 3.05) is 19.7 Å². The molecule has 0 spiro atoms. The van der Waals surface area contributed by atoms with Gasteiger partial charge in [0.2, 0.25) is 5.91 Å². The van der Waals surface area contributed by atoms with Gasteiger partial charge < -0.3 is 16.2 Å². The van der Waals surface area contributed by atoms with Crippen molar-refractivity contribution in [1.29, 1.82) is 0 Å². The first-order valence-electron chi connectivity index (χ1n) is 6.91. The van der Waals surface area contributed by atoms with Crippen LogP contribution in [0.15, 0.2) is 0 Å². The molecule has 0 bridgehead atoms. The minimum atomic E-state index is -0.0846. The van der Waals surface area contributed by atoms with E-state index in [-0.39, 0.29) is 23.8 Å². The number of amides is 1. The molecule has 1 amide bonds. The molecule has 0 aromatic rings. The molecule has 18 heavy (non-hydrogen) atoms. The Morgan fingerprint density at radius 1 is 1.39 bits per heavy atom. The summed E-state index contributed by atoms with van der Waals surface area (Å²) >= 11 is 0. The van der Waals surface area contributed by atoms with Crippen molar-refractivity contribution in [2.45, 2.75) is 47.0 Å². The fraction of sp³-hybridized carbons (Fsp3) is 0.929. The number of nitrogens with two attached hydrogens (primary N) is 1. The number of nitrogens with one attached hydrogen (secondary N) is 1. The normalized spacial score (nSPS) is 13.7. The summed E-state index contributed by atoms with van der Waals surface area (Å²) in [5.74, 6) is 0.452. The number of carbonyl (C=O) groups is 1. The van der Waals surface area contributed by atoms with Crippen LogP contribution in [0.25, 0.3) is 0 Å². The molecule has 0 aromatic carbocycles. The molecule has 0 aliphatic rings. The molecule has 0 radical (unpaired) electrons. The quantitative estimate of drug-likeness (QED) is 0.587.